The second-order valence-electron chi connectivity index (χ2n) is 7.13. The quantitative estimate of drug-likeness (QED) is 0.374. The Labute approximate surface area is 184 Å². The van der Waals surface area contributed by atoms with E-state index in [1.165, 1.54) is 5.56 Å². The lowest BCUT2D eigenvalue weighted by Crippen LogP contribution is -2.44. The highest BCUT2D eigenvalue weighted by Crippen LogP contribution is 2.28. The van der Waals surface area contributed by atoms with E-state index in [1.807, 2.05) is 22.9 Å². The van der Waals surface area contributed by atoms with Crippen molar-refractivity contribution in [1.29, 1.82) is 0 Å². The summed E-state index contributed by atoms with van der Waals surface area (Å²) in [6.45, 7) is 5.08. The van der Waals surface area contributed by atoms with Gasteiger partial charge in [-0.05, 0) is 30.7 Å². The molecule has 3 aromatic rings. The number of halogens is 1. The zero-order valence-electron chi connectivity index (χ0n) is 16.9. The summed E-state index contributed by atoms with van der Waals surface area (Å²) in [6, 6.07) is 8.34. The zero-order valence-corrected chi connectivity index (χ0v) is 19.0. The Hall–Kier alpha value is -2.07. The van der Waals surface area contributed by atoms with E-state index in [2.05, 4.69) is 46.7 Å². The number of aromatic nitrogens is 3. The molecule has 0 aliphatic carbocycles. The highest BCUT2D eigenvalue weighted by molar-refractivity contribution is 14.1. The molecule has 0 saturated carbocycles. The Morgan fingerprint density at radius 3 is 2.79 bits per heavy atom. The van der Waals surface area contributed by atoms with E-state index in [-0.39, 0.29) is 0 Å². The molecule has 0 radical (unpaired) electrons. The van der Waals surface area contributed by atoms with Gasteiger partial charge in [-0.2, -0.15) is 5.10 Å². The van der Waals surface area contributed by atoms with Gasteiger partial charge in [0, 0.05) is 34.2 Å². The Bertz CT molecular complexity index is 1010. The van der Waals surface area contributed by atoms with Crippen LogP contribution in [-0.2, 0) is 15.7 Å². The first-order valence-electron chi connectivity index (χ1n) is 9.61. The molecule has 1 saturated heterocycles. The minimum atomic E-state index is 0.307. The van der Waals surface area contributed by atoms with Gasteiger partial charge in [-0.3, -0.25) is 4.68 Å². The second-order valence-corrected chi connectivity index (χ2v) is 7.90. The standard InChI is InChI=1S/C21H25IN4O3/c1-14-13-29-7-6-26(14)20-8-16(10-22)18-12-25(24-21(18)23-20)11-15-4-5-17(27-2)9-19(15)28-3/h4-5,8-9,12,14H,6-7,10-11,13H2,1-3H3/t14-/m1/s1. The second kappa shape index (κ2) is 8.74. The number of morpholine rings is 1. The largest absolute Gasteiger partial charge is 0.497 e. The first-order chi connectivity index (χ1) is 14.1. The lowest BCUT2D eigenvalue weighted by atomic mass is 10.2. The molecule has 0 spiro atoms. The van der Waals surface area contributed by atoms with Crippen molar-refractivity contribution in [2.45, 2.75) is 23.9 Å². The van der Waals surface area contributed by atoms with Crippen LogP contribution < -0.4 is 14.4 Å². The van der Waals surface area contributed by atoms with Gasteiger partial charge >= 0.3 is 0 Å². The molecule has 0 bridgehead atoms. The molecule has 8 heteroatoms. The number of hydrogen-bond donors (Lipinski definition) is 0. The number of methoxy groups -OCH3 is 2. The monoisotopic (exact) mass is 508 g/mol. The Morgan fingerprint density at radius 1 is 1.21 bits per heavy atom. The van der Waals surface area contributed by atoms with Crippen molar-refractivity contribution in [2.75, 3.05) is 38.9 Å². The molecule has 3 heterocycles. The third kappa shape index (κ3) is 4.13. The third-order valence-electron chi connectivity index (χ3n) is 5.24. The summed E-state index contributed by atoms with van der Waals surface area (Å²) in [4.78, 5) is 7.18. The summed E-state index contributed by atoms with van der Waals surface area (Å²) in [5, 5.41) is 5.87. The molecular formula is C21H25IN4O3. The van der Waals surface area contributed by atoms with Crippen molar-refractivity contribution in [3.05, 3.63) is 41.6 Å². The number of ether oxygens (including phenoxy) is 3. The van der Waals surface area contributed by atoms with E-state index < -0.39 is 0 Å². The maximum atomic E-state index is 5.57. The number of fused-ring (bicyclic) bond motifs is 1. The van der Waals surface area contributed by atoms with Crippen molar-refractivity contribution in [3.63, 3.8) is 0 Å². The normalized spacial score (nSPS) is 17.0. The minimum absolute atomic E-state index is 0.307. The summed E-state index contributed by atoms with van der Waals surface area (Å²) in [5.41, 5.74) is 3.07. The molecule has 0 unspecified atom stereocenters. The third-order valence-corrected chi connectivity index (χ3v) is 6.07. The minimum Gasteiger partial charge on any atom is -0.497 e. The Morgan fingerprint density at radius 2 is 2.07 bits per heavy atom. The van der Waals surface area contributed by atoms with Crippen LogP contribution in [0.1, 0.15) is 18.1 Å². The predicted molar refractivity (Wildman–Crippen MR) is 122 cm³/mol. The smallest absolute Gasteiger partial charge is 0.183 e. The van der Waals surface area contributed by atoms with Crippen LogP contribution in [0.25, 0.3) is 11.0 Å². The summed E-state index contributed by atoms with van der Waals surface area (Å²) >= 11 is 2.40. The average molecular weight is 508 g/mol. The number of rotatable bonds is 6. The van der Waals surface area contributed by atoms with Crippen LogP contribution >= 0.6 is 22.6 Å². The highest BCUT2D eigenvalue weighted by Gasteiger charge is 2.22. The summed E-state index contributed by atoms with van der Waals surface area (Å²) < 4.78 is 19.2. The van der Waals surface area contributed by atoms with Gasteiger partial charge in [-0.15, -0.1) is 0 Å². The molecule has 154 valence electrons. The van der Waals surface area contributed by atoms with Crippen LogP contribution in [0.5, 0.6) is 11.5 Å². The van der Waals surface area contributed by atoms with Crippen molar-refractivity contribution in [1.82, 2.24) is 14.8 Å². The molecule has 29 heavy (non-hydrogen) atoms. The first kappa shape index (κ1) is 20.2. The lowest BCUT2D eigenvalue weighted by molar-refractivity contribution is 0.0985. The molecule has 1 atom stereocenters. The predicted octanol–water partition coefficient (Wildman–Crippen LogP) is 3.66. The molecule has 1 aliphatic rings. The first-order valence-corrected chi connectivity index (χ1v) is 11.1. The SMILES string of the molecule is COc1ccc(Cn2cc3c(CI)cc(N4CCOC[C@H]4C)nc3n2)c(OC)c1. The van der Waals surface area contributed by atoms with E-state index in [1.54, 1.807) is 14.2 Å². The number of nitrogens with zero attached hydrogens (tertiary/aromatic N) is 4. The Balaban J connectivity index is 1.69. The fourth-order valence-electron chi connectivity index (χ4n) is 3.66. The van der Waals surface area contributed by atoms with E-state index in [0.717, 1.165) is 58.1 Å². The van der Waals surface area contributed by atoms with Gasteiger partial charge in [0.15, 0.2) is 5.65 Å². The summed E-state index contributed by atoms with van der Waals surface area (Å²) in [7, 11) is 3.32. The fourth-order valence-corrected chi connectivity index (χ4v) is 4.29. The number of hydrogen-bond acceptors (Lipinski definition) is 6. The van der Waals surface area contributed by atoms with Crippen molar-refractivity contribution >= 4 is 39.4 Å². The molecular weight excluding hydrogens is 483 g/mol. The van der Waals surface area contributed by atoms with Gasteiger partial charge in [-0.1, -0.05) is 22.6 Å². The van der Waals surface area contributed by atoms with Gasteiger partial charge in [0.2, 0.25) is 0 Å². The number of alkyl halides is 1. The van der Waals surface area contributed by atoms with Gasteiger partial charge in [0.25, 0.3) is 0 Å². The lowest BCUT2D eigenvalue weighted by Gasteiger charge is -2.34. The van der Waals surface area contributed by atoms with Gasteiger partial charge in [0.05, 0.1) is 40.0 Å². The molecule has 7 nitrogen and oxygen atoms in total. The number of benzene rings is 1. The molecule has 0 N–H and O–H groups in total. The van der Waals surface area contributed by atoms with Crippen molar-refractivity contribution in [3.8, 4) is 11.5 Å². The fraction of sp³-hybridized carbons (Fsp3) is 0.429. The van der Waals surface area contributed by atoms with Crippen molar-refractivity contribution < 1.29 is 14.2 Å². The highest BCUT2D eigenvalue weighted by atomic mass is 127. The number of anilines is 1. The summed E-state index contributed by atoms with van der Waals surface area (Å²) in [5.74, 6) is 2.54. The molecule has 0 amide bonds. The molecule has 4 rings (SSSR count). The number of pyridine rings is 1. The van der Waals surface area contributed by atoms with Crippen LogP contribution in [0.3, 0.4) is 0 Å². The van der Waals surface area contributed by atoms with E-state index >= 15 is 0 Å². The topological polar surface area (TPSA) is 61.6 Å². The van der Waals surface area contributed by atoms with E-state index in [0.29, 0.717) is 12.6 Å². The average Bonchev–Trinajstić information content (AvgIpc) is 3.16. The van der Waals surface area contributed by atoms with Crippen LogP contribution in [-0.4, -0.2) is 54.8 Å². The van der Waals surface area contributed by atoms with Gasteiger partial charge < -0.3 is 19.1 Å². The van der Waals surface area contributed by atoms with Crippen LogP contribution in [0.2, 0.25) is 0 Å². The van der Waals surface area contributed by atoms with Crippen LogP contribution in [0, 0.1) is 0 Å². The van der Waals surface area contributed by atoms with Crippen LogP contribution in [0.4, 0.5) is 5.82 Å². The van der Waals surface area contributed by atoms with Crippen molar-refractivity contribution in [2.24, 2.45) is 0 Å². The maximum Gasteiger partial charge on any atom is 0.183 e. The summed E-state index contributed by atoms with van der Waals surface area (Å²) in [6.07, 6.45) is 2.08. The Kier molecular flexibility index (Phi) is 6.09. The molecule has 1 aromatic carbocycles. The van der Waals surface area contributed by atoms with E-state index in [9.17, 15) is 0 Å². The van der Waals surface area contributed by atoms with Crippen LogP contribution in [0.15, 0.2) is 30.5 Å². The molecule has 1 fully saturated rings. The maximum absolute atomic E-state index is 5.57. The van der Waals surface area contributed by atoms with Gasteiger partial charge in [-0.25, -0.2) is 4.98 Å². The van der Waals surface area contributed by atoms with E-state index in [4.69, 9.17) is 24.3 Å². The van der Waals surface area contributed by atoms with Gasteiger partial charge in [0.1, 0.15) is 17.3 Å². The zero-order chi connectivity index (χ0) is 20.4. The molecule has 1 aliphatic heterocycles. The molecule has 2 aromatic heterocycles.